The third-order valence-electron chi connectivity index (χ3n) is 4.13. The quantitative estimate of drug-likeness (QED) is 0.819. The number of halogens is 2. The highest BCUT2D eigenvalue weighted by Gasteiger charge is 2.44. The van der Waals surface area contributed by atoms with Crippen molar-refractivity contribution in [3.8, 4) is 0 Å². The monoisotopic (exact) mass is 322 g/mol. The highest BCUT2D eigenvalue weighted by Crippen LogP contribution is 2.43. The van der Waals surface area contributed by atoms with Gasteiger partial charge in [0.05, 0.1) is 12.5 Å². The van der Waals surface area contributed by atoms with Crippen LogP contribution in [0.2, 0.25) is 0 Å². The van der Waals surface area contributed by atoms with Crippen LogP contribution in [0.5, 0.6) is 0 Å². The molecule has 1 fully saturated rings. The van der Waals surface area contributed by atoms with E-state index < -0.39 is 11.8 Å². The predicted octanol–water partition coefficient (Wildman–Crippen LogP) is 4.39. The summed E-state index contributed by atoms with van der Waals surface area (Å²) >= 11 is 0. The Balaban J connectivity index is 1.57. The lowest BCUT2D eigenvalue weighted by atomic mass is 9.85. The molecule has 0 aliphatic heterocycles. The van der Waals surface area contributed by atoms with Crippen LogP contribution in [0.3, 0.4) is 0 Å². The fraction of sp³-hybridized carbons (Fsp3) is 0.529. The minimum Gasteiger partial charge on any atom is -0.367 e. The third kappa shape index (κ3) is 3.93. The Hall–Kier alpha value is -1.82. The van der Waals surface area contributed by atoms with E-state index in [0.29, 0.717) is 19.4 Å². The van der Waals surface area contributed by atoms with E-state index in [2.05, 4.69) is 10.1 Å². The summed E-state index contributed by atoms with van der Waals surface area (Å²) in [7, 11) is 0. The standard InChI is InChI=1S/C17H20F2N2O2/c1-12-5-4-6-13(9-12)10-22-11-15-20-16(21-23-15)14-7-2-3-8-17(14,18)19/h4-6,9,14H,2-3,7-8,10-11H2,1H3. The van der Waals surface area contributed by atoms with E-state index in [1.54, 1.807) is 0 Å². The number of aryl methyl sites for hydroxylation is 1. The van der Waals surface area contributed by atoms with E-state index in [1.165, 1.54) is 0 Å². The van der Waals surface area contributed by atoms with Gasteiger partial charge in [0.2, 0.25) is 0 Å². The Morgan fingerprint density at radius 1 is 1.30 bits per heavy atom. The first-order chi connectivity index (χ1) is 11.0. The van der Waals surface area contributed by atoms with Crippen LogP contribution in [0.1, 0.15) is 54.4 Å². The molecule has 124 valence electrons. The van der Waals surface area contributed by atoms with Crippen LogP contribution in [0.25, 0.3) is 0 Å². The molecule has 23 heavy (non-hydrogen) atoms. The first kappa shape index (κ1) is 16.1. The second-order valence-electron chi connectivity index (χ2n) is 6.09. The van der Waals surface area contributed by atoms with Crippen LogP contribution < -0.4 is 0 Å². The number of aromatic nitrogens is 2. The van der Waals surface area contributed by atoms with Gasteiger partial charge in [-0.3, -0.25) is 0 Å². The first-order valence-corrected chi connectivity index (χ1v) is 7.88. The van der Waals surface area contributed by atoms with Crippen molar-refractivity contribution in [2.24, 2.45) is 0 Å². The molecule has 1 saturated carbocycles. The Labute approximate surface area is 133 Å². The van der Waals surface area contributed by atoms with E-state index in [1.807, 2.05) is 31.2 Å². The van der Waals surface area contributed by atoms with E-state index in [0.717, 1.165) is 17.5 Å². The number of rotatable bonds is 5. The summed E-state index contributed by atoms with van der Waals surface area (Å²) in [4.78, 5) is 4.10. The fourth-order valence-corrected chi connectivity index (χ4v) is 2.94. The number of benzene rings is 1. The summed E-state index contributed by atoms with van der Waals surface area (Å²) in [6, 6.07) is 7.97. The van der Waals surface area contributed by atoms with Gasteiger partial charge in [-0.1, -0.05) is 41.4 Å². The van der Waals surface area contributed by atoms with Crippen LogP contribution in [0.15, 0.2) is 28.8 Å². The predicted molar refractivity (Wildman–Crippen MR) is 80.1 cm³/mol. The molecule has 1 heterocycles. The number of ether oxygens (including phenoxy) is 1. The zero-order chi connectivity index (χ0) is 16.3. The molecule has 1 unspecified atom stereocenters. The van der Waals surface area contributed by atoms with Gasteiger partial charge in [0.1, 0.15) is 6.61 Å². The molecule has 1 aliphatic rings. The molecule has 0 saturated heterocycles. The van der Waals surface area contributed by atoms with Gasteiger partial charge in [-0.05, 0) is 25.3 Å². The molecule has 0 spiro atoms. The molecule has 6 heteroatoms. The van der Waals surface area contributed by atoms with Gasteiger partial charge in [0.15, 0.2) is 5.82 Å². The molecule has 0 N–H and O–H groups in total. The number of nitrogens with zero attached hydrogens (tertiary/aromatic N) is 2. The molecule has 1 aromatic carbocycles. The van der Waals surface area contributed by atoms with Crippen molar-refractivity contribution in [2.75, 3.05) is 0 Å². The average molecular weight is 322 g/mol. The zero-order valence-corrected chi connectivity index (χ0v) is 13.1. The topological polar surface area (TPSA) is 48.2 Å². The van der Waals surface area contributed by atoms with E-state index >= 15 is 0 Å². The minimum atomic E-state index is -2.75. The van der Waals surface area contributed by atoms with Crippen LogP contribution >= 0.6 is 0 Å². The summed E-state index contributed by atoms with van der Waals surface area (Å²) < 4.78 is 38.4. The largest absolute Gasteiger partial charge is 0.367 e. The second kappa shape index (κ2) is 6.74. The maximum absolute atomic E-state index is 13.9. The minimum absolute atomic E-state index is 0.101. The van der Waals surface area contributed by atoms with Gasteiger partial charge in [0.25, 0.3) is 11.8 Å². The second-order valence-corrected chi connectivity index (χ2v) is 6.09. The van der Waals surface area contributed by atoms with Crippen molar-refractivity contribution >= 4 is 0 Å². The summed E-state index contributed by atoms with van der Waals surface area (Å²) in [5, 5.41) is 3.73. The zero-order valence-electron chi connectivity index (χ0n) is 13.1. The van der Waals surface area contributed by atoms with Gasteiger partial charge in [0, 0.05) is 6.42 Å². The molecule has 0 amide bonds. The Morgan fingerprint density at radius 2 is 2.17 bits per heavy atom. The van der Waals surface area contributed by atoms with E-state index in [9.17, 15) is 8.78 Å². The lowest BCUT2D eigenvalue weighted by Crippen LogP contribution is -2.30. The average Bonchev–Trinajstić information content (AvgIpc) is 2.95. The lowest BCUT2D eigenvalue weighted by molar-refractivity contribution is -0.0576. The van der Waals surface area contributed by atoms with Crippen LogP contribution in [-0.4, -0.2) is 16.1 Å². The lowest BCUT2D eigenvalue weighted by Gasteiger charge is -2.28. The highest BCUT2D eigenvalue weighted by molar-refractivity contribution is 5.21. The molecular weight excluding hydrogens is 302 g/mol. The molecule has 0 radical (unpaired) electrons. The van der Waals surface area contributed by atoms with Gasteiger partial charge in [-0.25, -0.2) is 8.78 Å². The van der Waals surface area contributed by atoms with E-state index in [4.69, 9.17) is 9.26 Å². The van der Waals surface area contributed by atoms with Crippen LogP contribution in [0.4, 0.5) is 8.78 Å². The van der Waals surface area contributed by atoms with Gasteiger partial charge in [-0.2, -0.15) is 4.98 Å². The summed E-state index contributed by atoms with van der Waals surface area (Å²) in [6.45, 7) is 2.55. The van der Waals surface area contributed by atoms with Crippen molar-refractivity contribution < 1.29 is 18.0 Å². The summed E-state index contributed by atoms with van der Waals surface area (Å²) in [6.07, 6.45) is 1.61. The van der Waals surface area contributed by atoms with Gasteiger partial charge < -0.3 is 9.26 Å². The van der Waals surface area contributed by atoms with Crippen molar-refractivity contribution in [3.05, 3.63) is 47.1 Å². The van der Waals surface area contributed by atoms with Gasteiger partial charge >= 0.3 is 0 Å². The number of hydrogen-bond donors (Lipinski definition) is 0. The molecule has 4 nitrogen and oxygen atoms in total. The smallest absolute Gasteiger partial charge is 0.258 e. The molecule has 2 aromatic rings. The normalized spacial score (nSPS) is 20.6. The van der Waals surface area contributed by atoms with Crippen molar-refractivity contribution in [3.63, 3.8) is 0 Å². The third-order valence-corrected chi connectivity index (χ3v) is 4.13. The SMILES string of the molecule is Cc1cccc(COCc2nc(C3CCCCC3(F)F)no2)c1. The Bertz CT molecular complexity index is 658. The maximum Gasteiger partial charge on any atom is 0.258 e. The van der Waals surface area contributed by atoms with Crippen molar-refractivity contribution in [2.45, 2.75) is 57.7 Å². The molecule has 1 aliphatic carbocycles. The Kier molecular flexibility index (Phi) is 4.71. The highest BCUT2D eigenvalue weighted by atomic mass is 19.3. The Morgan fingerprint density at radius 3 is 2.96 bits per heavy atom. The fourth-order valence-electron chi connectivity index (χ4n) is 2.94. The number of hydrogen-bond acceptors (Lipinski definition) is 4. The van der Waals surface area contributed by atoms with Crippen LogP contribution in [-0.2, 0) is 18.0 Å². The van der Waals surface area contributed by atoms with Crippen LogP contribution in [0, 0.1) is 6.92 Å². The molecule has 3 rings (SSSR count). The molecule has 0 bridgehead atoms. The summed E-state index contributed by atoms with van der Waals surface area (Å²) in [5.41, 5.74) is 2.20. The molecular formula is C17H20F2N2O2. The number of alkyl halides is 2. The van der Waals surface area contributed by atoms with Gasteiger partial charge in [-0.15, -0.1) is 0 Å². The maximum atomic E-state index is 13.9. The summed E-state index contributed by atoms with van der Waals surface area (Å²) in [5.74, 6) is -3.34. The molecule has 1 atom stereocenters. The van der Waals surface area contributed by atoms with E-state index in [-0.39, 0.29) is 24.7 Å². The molecule has 1 aromatic heterocycles. The first-order valence-electron chi connectivity index (χ1n) is 7.88. The van der Waals surface area contributed by atoms with Crippen molar-refractivity contribution in [1.82, 2.24) is 10.1 Å². The van der Waals surface area contributed by atoms with Crippen molar-refractivity contribution in [1.29, 1.82) is 0 Å².